The summed E-state index contributed by atoms with van der Waals surface area (Å²) in [5.41, 5.74) is 2.80. The second-order valence-corrected chi connectivity index (χ2v) is 4.98. The van der Waals surface area contributed by atoms with Crippen molar-refractivity contribution in [3.63, 3.8) is 0 Å². The molecular formula is C15H22ClN3O3. The molecule has 0 unspecified atom stereocenters. The number of hydrogen-bond donors (Lipinski definition) is 2. The fourth-order valence-corrected chi connectivity index (χ4v) is 2.39. The van der Waals surface area contributed by atoms with Gasteiger partial charge in [-0.05, 0) is 30.2 Å². The number of nitrogens with zero attached hydrogens (tertiary/aromatic N) is 1. The van der Waals surface area contributed by atoms with E-state index in [1.165, 1.54) is 0 Å². The zero-order valence-electron chi connectivity index (χ0n) is 12.8. The number of amides is 2. The average Bonchev–Trinajstić information content (AvgIpc) is 2.87. The van der Waals surface area contributed by atoms with Gasteiger partial charge in [-0.3, -0.25) is 9.59 Å². The third kappa shape index (κ3) is 4.69. The van der Waals surface area contributed by atoms with E-state index in [2.05, 4.69) is 10.6 Å². The van der Waals surface area contributed by atoms with Crippen LogP contribution in [0.5, 0.6) is 0 Å². The topological polar surface area (TPSA) is 70.7 Å². The summed E-state index contributed by atoms with van der Waals surface area (Å²) >= 11 is 0. The Morgan fingerprint density at radius 3 is 2.82 bits per heavy atom. The van der Waals surface area contributed by atoms with Gasteiger partial charge < -0.3 is 20.3 Å². The number of hydrogen-bond acceptors (Lipinski definition) is 4. The molecule has 0 saturated carbocycles. The van der Waals surface area contributed by atoms with E-state index in [9.17, 15) is 9.59 Å². The Bertz CT molecular complexity index is 537. The van der Waals surface area contributed by atoms with Crippen molar-refractivity contribution >= 4 is 35.6 Å². The van der Waals surface area contributed by atoms with Crippen LogP contribution in [-0.2, 0) is 20.7 Å². The van der Waals surface area contributed by atoms with Gasteiger partial charge in [-0.1, -0.05) is 0 Å². The summed E-state index contributed by atoms with van der Waals surface area (Å²) in [6.45, 7) is 3.74. The summed E-state index contributed by atoms with van der Waals surface area (Å²) in [4.78, 5) is 25.0. The Kier molecular flexibility index (Phi) is 7.31. The first-order valence-corrected chi connectivity index (χ1v) is 7.02. The molecule has 1 aromatic carbocycles. The van der Waals surface area contributed by atoms with Crippen LogP contribution in [0.4, 0.5) is 11.4 Å². The minimum absolute atomic E-state index is 0. The first-order chi connectivity index (χ1) is 10.1. The number of rotatable bonds is 6. The highest BCUT2D eigenvalue weighted by molar-refractivity contribution is 5.96. The molecule has 1 aliphatic heterocycles. The van der Waals surface area contributed by atoms with E-state index in [0.29, 0.717) is 19.7 Å². The van der Waals surface area contributed by atoms with Crippen LogP contribution in [-0.4, -0.2) is 45.2 Å². The molecule has 0 radical (unpaired) electrons. The summed E-state index contributed by atoms with van der Waals surface area (Å²) in [6, 6.07) is 5.65. The SMILES string of the molecule is COCCNCC(=O)Nc1ccc2c(c1)CCN2C(C)=O.Cl. The van der Waals surface area contributed by atoms with E-state index in [1.807, 2.05) is 18.2 Å². The lowest BCUT2D eigenvalue weighted by Gasteiger charge is -2.15. The van der Waals surface area contributed by atoms with Gasteiger partial charge >= 0.3 is 0 Å². The van der Waals surface area contributed by atoms with Crippen molar-refractivity contribution in [3.8, 4) is 0 Å². The molecule has 122 valence electrons. The lowest BCUT2D eigenvalue weighted by atomic mass is 10.1. The van der Waals surface area contributed by atoms with E-state index in [4.69, 9.17) is 4.74 Å². The number of fused-ring (bicyclic) bond motifs is 1. The van der Waals surface area contributed by atoms with Gasteiger partial charge in [-0.2, -0.15) is 0 Å². The van der Waals surface area contributed by atoms with E-state index in [0.717, 1.165) is 23.4 Å². The Balaban J connectivity index is 0.00000242. The van der Waals surface area contributed by atoms with Crippen LogP contribution in [0.15, 0.2) is 18.2 Å². The van der Waals surface area contributed by atoms with Gasteiger partial charge in [0.2, 0.25) is 11.8 Å². The Morgan fingerprint density at radius 2 is 2.14 bits per heavy atom. The third-order valence-electron chi connectivity index (χ3n) is 3.41. The number of halogens is 1. The van der Waals surface area contributed by atoms with Gasteiger partial charge in [0.15, 0.2) is 0 Å². The highest BCUT2D eigenvalue weighted by Crippen LogP contribution is 2.30. The molecule has 2 N–H and O–H groups in total. The van der Waals surface area contributed by atoms with Crippen molar-refractivity contribution < 1.29 is 14.3 Å². The van der Waals surface area contributed by atoms with Crippen molar-refractivity contribution in [2.75, 3.05) is 43.6 Å². The third-order valence-corrected chi connectivity index (χ3v) is 3.41. The van der Waals surface area contributed by atoms with Gasteiger partial charge in [-0.25, -0.2) is 0 Å². The number of carbonyl (C=O) groups is 2. The summed E-state index contributed by atoms with van der Waals surface area (Å²) in [7, 11) is 1.62. The number of methoxy groups -OCH3 is 1. The zero-order chi connectivity index (χ0) is 15.2. The van der Waals surface area contributed by atoms with Crippen LogP contribution in [0, 0.1) is 0 Å². The van der Waals surface area contributed by atoms with Crippen LogP contribution in [0.1, 0.15) is 12.5 Å². The van der Waals surface area contributed by atoms with Gasteiger partial charge in [0.05, 0.1) is 13.2 Å². The molecule has 1 aromatic rings. The molecule has 0 aliphatic carbocycles. The quantitative estimate of drug-likeness (QED) is 0.770. The number of carbonyl (C=O) groups excluding carboxylic acids is 2. The van der Waals surface area contributed by atoms with Crippen molar-refractivity contribution in [2.45, 2.75) is 13.3 Å². The number of anilines is 2. The molecule has 22 heavy (non-hydrogen) atoms. The van der Waals surface area contributed by atoms with Crippen molar-refractivity contribution in [3.05, 3.63) is 23.8 Å². The van der Waals surface area contributed by atoms with Crippen molar-refractivity contribution in [1.29, 1.82) is 0 Å². The van der Waals surface area contributed by atoms with E-state index in [-0.39, 0.29) is 30.8 Å². The van der Waals surface area contributed by atoms with Crippen LogP contribution >= 0.6 is 12.4 Å². The lowest BCUT2D eigenvalue weighted by Crippen LogP contribution is -2.30. The van der Waals surface area contributed by atoms with Gasteiger partial charge in [0.25, 0.3) is 0 Å². The predicted molar refractivity (Wildman–Crippen MR) is 88.8 cm³/mol. The lowest BCUT2D eigenvalue weighted by molar-refractivity contribution is -0.116. The smallest absolute Gasteiger partial charge is 0.238 e. The molecule has 6 nitrogen and oxygen atoms in total. The highest BCUT2D eigenvalue weighted by atomic mass is 35.5. The van der Waals surface area contributed by atoms with Crippen molar-refractivity contribution in [1.82, 2.24) is 5.32 Å². The highest BCUT2D eigenvalue weighted by Gasteiger charge is 2.22. The maximum Gasteiger partial charge on any atom is 0.238 e. The number of nitrogens with one attached hydrogen (secondary N) is 2. The normalized spacial score (nSPS) is 12.5. The van der Waals surface area contributed by atoms with Gasteiger partial charge in [0, 0.05) is 38.5 Å². The Hall–Kier alpha value is -1.63. The molecular weight excluding hydrogens is 306 g/mol. The second kappa shape index (κ2) is 8.73. The maximum atomic E-state index is 11.8. The summed E-state index contributed by atoms with van der Waals surface area (Å²) < 4.78 is 4.90. The van der Waals surface area contributed by atoms with Gasteiger partial charge in [0.1, 0.15) is 0 Å². The number of ether oxygens (including phenoxy) is 1. The molecule has 7 heteroatoms. The minimum atomic E-state index is -0.0903. The first kappa shape index (κ1) is 18.4. The molecule has 0 spiro atoms. The summed E-state index contributed by atoms with van der Waals surface area (Å²) in [6.07, 6.45) is 0.824. The van der Waals surface area contributed by atoms with E-state index < -0.39 is 0 Å². The molecule has 0 aromatic heterocycles. The van der Waals surface area contributed by atoms with E-state index >= 15 is 0 Å². The molecule has 2 rings (SSSR count). The van der Waals surface area contributed by atoms with Crippen LogP contribution in [0.2, 0.25) is 0 Å². The summed E-state index contributed by atoms with van der Waals surface area (Å²) in [5.74, 6) is -0.0413. The van der Waals surface area contributed by atoms with Crippen LogP contribution < -0.4 is 15.5 Å². The Morgan fingerprint density at radius 1 is 1.36 bits per heavy atom. The molecule has 1 heterocycles. The van der Waals surface area contributed by atoms with E-state index in [1.54, 1.807) is 18.9 Å². The summed E-state index contributed by atoms with van der Waals surface area (Å²) in [5, 5.41) is 5.84. The largest absolute Gasteiger partial charge is 0.383 e. The predicted octanol–water partition coefficient (Wildman–Crippen LogP) is 1.19. The fourth-order valence-electron chi connectivity index (χ4n) is 2.39. The zero-order valence-corrected chi connectivity index (χ0v) is 13.7. The number of benzene rings is 1. The second-order valence-electron chi connectivity index (χ2n) is 4.98. The first-order valence-electron chi connectivity index (χ1n) is 7.02. The Labute approximate surface area is 136 Å². The van der Waals surface area contributed by atoms with Crippen molar-refractivity contribution in [2.24, 2.45) is 0 Å². The molecule has 1 aliphatic rings. The standard InChI is InChI=1S/C15H21N3O3.ClH/c1-11(19)18-7-5-12-9-13(3-4-14(12)18)17-15(20)10-16-6-8-21-2;/h3-4,9,16H,5-8,10H2,1-2H3,(H,17,20);1H. The molecule has 0 saturated heterocycles. The minimum Gasteiger partial charge on any atom is -0.383 e. The van der Waals surface area contributed by atoms with Crippen LogP contribution in [0.25, 0.3) is 0 Å². The molecule has 0 atom stereocenters. The molecule has 0 fully saturated rings. The molecule has 2 amide bonds. The van der Waals surface area contributed by atoms with Gasteiger partial charge in [-0.15, -0.1) is 12.4 Å². The fraction of sp³-hybridized carbons (Fsp3) is 0.467. The average molecular weight is 328 g/mol. The molecule has 0 bridgehead atoms. The van der Waals surface area contributed by atoms with Crippen LogP contribution in [0.3, 0.4) is 0 Å². The monoisotopic (exact) mass is 327 g/mol. The maximum absolute atomic E-state index is 11.8.